The number of nitrogens with zero attached hydrogens (tertiary/aromatic N) is 2. The maximum atomic E-state index is 18.5. The average molecular weight is 943 g/mol. The second kappa shape index (κ2) is 18.1. The van der Waals surface area contributed by atoms with Gasteiger partial charge in [-0.25, -0.2) is 8.78 Å². The summed E-state index contributed by atoms with van der Waals surface area (Å²) in [6, 6.07) is 45.6. The van der Waals surface area contributed by atoms with Gasteiger partial charge >= 0.3 is 0 Å². The molecule has 0 saturated carbocycles. The molecule has 0 heterocycles. The highest BCUT2D eigenvalue weighted by Crippen LogP contribution is 2.51. The molecule has 0 aliphatic carbocycles. The summed E-state index contributed by atoms with van der Waals surface area (Å²) < 4.78 is 128. The van der Waals surface area contributed by atoms with E-state index in [0.29, 0.717) is 54.6 Å². The van der Waals surface area contributed by atoms with E-state index in [1.807, 2.05) is 161 Å². The van der Waals surface area contributed by atoms with Gasteiger partial charge in [-0.3, -0.25) is 0 Å². The van der Waals surface area contributed by atoms with Crippen molar-refractivity contribution < 1.29 is 22.5 Å². The Balaban J connectivity index is 1.20. The largest absolute Gasteiger partial charge is 0.307 e. The Hall–Kier alpha value is -8.86. The van der Waals surface area contributed by atoms with Gasteiger partial charge in [-0.1, -0.05) is 170 Å². The fraction of sp³-hybridized carbons (Fsp3) is 0.0588. The molecule has 0 spiro atoms. The molecule has 0 N–H and O–H groups in total. The van der Waals surface area contributed by atoms with Crippen molar-refractivity contribution in [1.29, 1.82) is 0 Å². The number of hydrogen-bond donors (Lipinski definition) is 0. The summed E-state index contributed by atoms with van der Waals surface area (Å²) >= 11 is 0. The molecule has 12 aromatic rings. The molecule has 0 aromatic heterocycles. The van der Waals surface area contributed by atoms with Crippen LogP contribution in [0.2, 0.25) is 0 Å². The number of halogens is 2. The monoisotopic (exact) mass is 942 g/mol. The van der Waals surface area contributed by atoms with Crippen LogP contribution in [0.5, 0.6) is 0 Å². The van der Waals surface area contributed by atoms with Gasteiger partial charge in [-0.15, -0.1) is 0 Å². The highest BCUT2D eigenvalue weighted by Gasteiger charge is 2.28. The maximum absolute atomic E-state index is 18.5. The first-order chi connectivity index (χ1) is 39.4. The first-order valence-electron chi connectivity index (χ1n) is 28.7. The van der Waals surface area contributed by atoms with Crippen LogP contribution in [0.4, 0.5) is 42.9 Å². The van der Waals surface area contributed by atoms with Crippen molar-refractivity contribution in [2.45, 2.75) is 27.7 Å². The Bertz CT molecular complexity index is 4290. The van der Waals surface area contributed by atoms with Crippen molar-refractivity contribution in [2.75, 3.05) is 9.80 Å². The first-order valence-corrected chi connectivity index (χ1v) is 23.7. The van der Waals surface area contributed by atoms with Crippen LogP contribution in [-0.2, 0) is 0 Å². The van der Waals surface area contributed by atoms with Gasteiger partial charge in [0.1, 0.15) is 0 Å². The van der Waals surface area contributed by atoms with Gasteiger partial charge in [0.2, 0.25) is 0 Å². The van der Waals surface area contributed by atoms with Crippen LogP contribution in [0.1, 0.15) is 36.0 Å². The Morgan fingerprint density at radius 1 is 0.333 bits per heavy atom. The van der Waals surface area contributed by atoms with E-state index in [4.69, 9.17) is 8.22 Å². The van der Waals surface area contributed by atoms with Gasteiger partial charge in [-0.05, 0) is 165 Å². The highest BCUT2D eigenvalue weighted by atomic mass is 19.1. The molecule has 346 valence electrons. The molecule has 2 nitrogen and oxygen atoms in total. The fourth-order valence-corrected chi connectivity index (χ4v) is 10.4. The molecule has 0 aliphatic heterocycles. The van der Waals surface area contributed by atoms with Crippen LogP contribution in [0.15, 0.2) is 230 Å². The van der Waals surface area contributed by atoms with Crippen LogP contribution in [0.3, 0.4) is 0 Å². The maximum Gasteiger partial charge on any atom is 0.155 e. The average Bonchev–Trinajstić information content (AvgIpc) is 3.65. The van der Waals surface area contributed by atoms with E-state index in [2.05, 4.69) is 0 Å². The second-order valence-electron chi connectivity index (χ2n) is 18.2. The predicted molar refractivity (Wildman–Crippen MR) is 300 cm³/mol. The van der Waals surface area contributed by atoms with Crippen LogP contribution in [0, 0.1) is 39.3 Å². The normalized spacial score (nSPS) is 13.4. The Labute approximate surface area is 433 Å². The third-order valence-electron chi connectivity index (χ3n) is 13.9. The topological polar surface area (TPSA) is 6.48 Å². The summed E-state index contributed by atoms with van der Waals surface area (Å²) in [5.41, 5.74) is 7.59. The van der Waals surface area contributed by atoms with E-state index in [-0.39, 0.29) is 45.3 Å². The molecule has 0 saturated heterocycles. The molecule has 0 aliphatic rings. The molecule has 0 amide bonds. The minimum atomic E-state index is -0.708. The van der Waals surface area contributed by atoms with Crippen molar-refractivity contribution in [2.24, 2.45) is 0 Å². The van der Waals surface area contributed by atoms with Crippen molar-refractivity contribution >= 4 is 66.4 Å². The smallest absolute Gasteiger partial charge is 0.155 e. The zero-order chi connectivity index (χ0) is 57.7. The minimum absolute atomic E-state index is 0.0888. The highest BCUT2D eigenvalue weighted by molar-refractivity contribution is 6.28. The minimum Gasteiger partial charge on any atom is -0.307 e. The lowest BCUT2D eigenvalue weighted by Crippen LogP contribution is -2.14. The lowest BCUT2D eigenvalue weighted by Gasteiger charge is -2.31. The number of hydrogen-bond acceptors (Lipinski definition) is 2. The summed E-state index contributed by atoms with van der Waals surface area (Å²) in [5.74, 6) is -1.42. The number of aryl methyl sites for hydroxylation is 4. The molecule has 0 bridgehead atoms. The molecular formula is C68H50F2N2. The van der Waals surface area contributed by atoms with Gasteiger partial charge < -0.3 is 9.80 Å². The van der Waals surface area contributed by atoms with E-state index >= 15 is 8.78 Å². The van der Waals surface area contributed by atoms with Crippen LogP contribution in [-0.4, -0.2) is 0 Å². The van der Waals surface area contributed by atoms with Gasteiger partial charge in [0.15, 0.2) is 11.6 Å². The first kappa shape index (κ1) is 34.4. The lowest BCUT2D eigenvalue weighted by molar-refractivity contribution is 0.632. The van der Waals surface area contributed by atoms with Crippen molar-refractivity contribution in [3.05, 3.63) is 264 Å². The Morgan fingerprint density at radius 2 is 0.667 bits per heavy atom. The molecule has 0 fully saturated rings. The molecule has 72 heavy (non-hydrogen) atoms. The summed E-state index contributed by atoms with van der Waals surface area (Å²) in [6.45, 7) is 7.67. The molecule has 12 rings (SSSR count). The van der Waals surface area contributed by atoms with Gasteiger partial charge in [-0.2, -0.15) is 0 Å². The molecule has 0 unspecified atom stereocenters. The molecule has 4 heteroatoms. The number of para-hydroxylation sites is 2. The summed E-state index contributed by atoms with van der Waals surface area (Å²) in [6.07, 6.45) is 0. The molecule has 12 aromatic carbocycles. The molecule has 0 atom stereocenters. The summed E-state index contributed by atoms with van der Waals surface area (Å²) in [5, 5.41) is 3.60. The SMILES string of the molecule is [2H]c1c([2H])c([2H])c(N(c2cc(-c3ccccc3C)cc(-c3ccccc3C)c2F)c2ccc3ccc4c(N(c5cc(-c6ccccc6C)cc(-c6ccccc6C)c5F)c5c([2H])c([2H])c([2H])c([2H])c5[2H])ccc5ccc2c3c54)c([2H])c1[2H]. The molecule has 0 radical (unpaired) electrons. The van der Waals surface area contributed by atoms with Crippen LogP contribution in [0.25, 0.3) is 76.8 Å². The lowest BCUT2D eigenvalue weighted by atomic mass is 9.90. The van der Waals surface area contributed by atoms with Gasteiger partial charge in [0.25, 0.3) is 0 Å². The molecular weight excluding hydrogens is 883 g/mol. The van der Waals surface area contributed by atoms with E-state index < -0.39 is 72.1 Å². The Morgan fingerprint density at radius 3 is 1.03 bits per heavy atom. The van der Waals surface area contributed by atoms with E-state index in [1.54, 1.807) is 36.4 Å². The summed E-state index contributed by atoms with van der Waals surface area (Å²) in [4.78, 5) is 2.84. The van der Waals surface area contributed by atoms with E-state index in [0.717, 1.165) is 33.4 Å². The van der Waals surface area contributed by atoms with E-state index in [1.165, 1.54) is 9.80 Å². The van der Waals surface area contributed by atoms with Gasteiger partial charge in [0, 0.05) is 33.3 Å². The fourth-order valence-electron chi connectivity index (χ4n) is 10.4. The van der Waals surface area contributed by atoms with Crippen molar-refractivity contribution in [1.82, 2.24) is 0 Å². The predicted octanol–water partition coefficient (Wildman–Crippen LogP) is 19.7. The second-order valence-corrected chi connectivity index (χ2v) is 18.2. The number of anilines is 6. The van der Waals surface area contributed by atoms with Crippen molar-refractivity contribution in [3.63, 3.8) is 0 Å². The third kappa shape index (κ3) is 7.55. The zero-order valence-corrected chi connectivity index (χ0v) is 39.8. The third-order valence-corrected chi connectivity index (χ3v) is 13.9. The van der Waals surface area contributed by atoms with Crippen molar-refractivity contribution in [3.8, 4) is 44.5 Å². The van der Waals surface area contributed by atoms with E-state index in [9.17, 15) is 5.48 Å². The van der Waals surface area contributed by atoms with Gasteiger partial charge in [0.05, 0.1) is 36.5 Å². The number of rotatable bonds is 10. The quantitative estimate of drug-likeness (QED) is 0.126. The van der Waals surface area contributed by atoms with Crippen LogP contribution >= 0.6 is 0 Å². The van der Waals surface area contributed by atoms with Crippen LogP contribution < -0.4 is 9.80 Å². The zero-order valence-electron chi connectivity index (χ0n) is 49.8. The summed E-state index contributed by atoms with van der Waals surface area (Å²) in [7, 11) is 0. The Kier molecular flexibility index (Phi) is 8.68. The number of benzene rings is 12. The standard InChI is InChI=1S/C68H50F2N2/c1-43-19-11-15-27-53(43)49-39-59(55-29-17-13-21-45(55)3)67(69)63(41-49)71(51-23-7-5-8-24-51)61-37-33-47-32-36-58-62(38-34-48-31-35-57(61)65(47)66(48)58)72(52-25-9-6-10-26-52)64-42-50(54-28-16-12-20-44(54)2)40-60(68(64)70)56-30-18-14-22-46(56)4/h5-42H,1-4H3/i5D,6D,7D,8D,9D,10D,23D,24D,25D,26D.